The van der Waals surface area contributed by atoms with Crippen molar-refractivity contribution in [3.05, 3.63) is 28.8 Å². The van der Waals surface area contributed by atoms with Gasteiger partial charge in [0.2, 0.25) is 5.91 Å². The minimum atomic E-state index is -4.63. The van der Waals surface area contributed by atoms with E-state index in [1.54, 1.807) is 5.32 Å². The summed E-state index contributed by atoms with van der Waals surface area (Å²) in [6, 6.07) is 0.984. The number of nitrogens with two attached hydrogens (primary N) is 1. The number of halogens is 4. The maximum Gasteiger partial charge on any atom is 0.418 e. The van der Waals surface area contributed by atoms with Crippen LogP contribution in [0.15, 0.2) is 18.2 Å². The standard InChI is InChI=1S/C11H11ClF3N3O2/c1-5(9(19)18-10(16)20)17-8-6(11(13,14)15)3-2-4-7(8)12/h2-5,17H,1H3,(H3,16,18,19,20). The van der Waals surface area contributed by atoms with Crippen LogP contribution in [0.1, 0.15) is 12.5 Å². The Bertz CT molecular complexity index is 534. The zero-order valence-electron chi connectivity index (χ0n) is 10.2. The molecule has 3 amide bonds. The second-order valence-corrected chi connectivity index (χ2v) is 4.29. The monoisotopic (exact) mass is 309 g/mol. The molecule has 20 heavy (non-hydrogen) atoms. The van der Waals surface area contributed by atoms with E-state index >= 15 is 0 Å². The number of rotatable bonds is 3. The third-order valence-corrected chi connectivity index (χ3v) is 2.63. The van der Waals surface area contributed by atoms with E-state index in [4.69, 9.17) is 17.3 Å². The molecule has 1 aromatic carbocycles. The fourth-order valence-corrected chi connectivity index (χ4v) is 1.65. The molecule has 0 spiro atoms. The molecule has 4 N–H and O–H groups in total. The first-order valence-corrected chi connectivity index (χ1v) is 5.73. The number of anilines is 1. The highest BCUT2D eigenvalue weighted by Gasteiger charge is 2.35. The SMILES string of the molecule is CC(Nc1c(Cl)cccc1C(F)(F)F)C(=O)NC(N)=O. The van der Waals surface area contributed by atoms with Gasteiger partial charge in [0.15, 0.2) is 0 Å². The van der Waals surface area contributed by atoms with Crippen LogP contribution in [0, 0.1) is 0 Å². The summed E-state index contributed by atoms with van der Waals surface area (Å²) in [6.45, 7) is 1.27. The molecule has 0 saturated carbocycles. The largest absolute Gasteiger partial charge is 0.418 e. The Morgan fingerprint density at radius 1 is 1.35 bits per heavy atom. The maximum absolute atomic E-state index is 12.8. The Balaban J connectivity index is 3.03. The molecular formula is C11H11ClF3N3O2. The molecule has 0 heterocycles. The molecule has 1 aromatic rings. The first-order chi connectivity index (χ1) is 9.12. The summed E-state index contributed by atoms with van der Waals surface area (Å²) in [6.07, 6.45) is -4.63. The normalized spacial score (nSPS) is 12.7. The molecular weight excluding hydrogens is 299 g/mol. The van der Waals surface area contributed by atoms with Gasteiger partial charge in [0.05, 0.1) is 16.3 Å². The van der Waals surface area contributed by atoms with Crippen molar-refractivity contribution in [3.63, 3.8) is 0 Å². The average molecular weight is 310 g/mol. The smallest absolute Gasteiger partial charge is 0.372 e. The van der Waals surface area contributed by atoms with Gasteiger partial charge >= 0.3 is 12.2 Å². The molecule has 110 valence electrons. The van der Waals surface area contributed by atoms with Crippen LogP contribution in [-0.4, -0.2) is 18.0 Å². The van der Waals surface area contributed by atoms with Gasteiger partial charge in [-0.15, -0.1) is 0 Å². The molecule has 0 fully saturated rings. The lowest BCUT2D eigenvalue weighted by molar-refractivity contribution is -0.137. The number of para-hydroxylation sites is 1. The van der Waals surface area contributed by atoms with Gasteiger partial charge in [0, 0.05) is 0 Å². The maximum atomic E-state index is 12.8. The van der Waals surface area contributed by atoms with E-state index in [1.165, 1.54) is 13.0 Å². The predicted octanol–water partition coefficient (Wildman–Crippen LogP) is 2.35. The second kappa shape index (κ2) is 6.00. The molecule has 9 heteroatoms. The van der Waals surface area contributed by atoms with Crippen molar-refractivity contribution in [1.82, 2.24) is 5.32 Å². The van der Waals surface area contributed by atoms with E-state index < -0.39 is 35.4 Å². The summed E-state index contributed by atoms with van der Waals surface area (Å²) in [4.78, 5) is 21.9. The number of hydrogen-bond acceptors (Lipinski definition) is 3. The molecule has 5 nitrogen and oxygen atoms in total. The molecule has 0 saturated heterocycles. The Kier molecular flexibility index (Phi) is 4.83. The fourth-order valence-electron chi connectivity index (χ4n) is 1.42. The van der Waals surface area contributed by atoms with Gasteiger partial charge in [0.1, 0.15) is 6.04 Å². The Labute approximate surface area is 117 Å². The van der Waals surface area contributed by atoms with Crippen molar-refractivity contribution in [2.45, 2.75) is 19.1 Å². The third kappa shape index (κ3) is 4.02. The van der Waals surface area contributed by atoms with Gasteiger partial charge in [-0.1, -0.05) is 17.7 Å². The van der Waals surface area contributed by atoms with Crippen molar-refractivity contribution in [2.75, 3.05) is 5.32 Å². The number of imide groups is 1. The van der Waals surface area contributed by atoms with Gasteiger partial charge in [-0.25, -0.2) is 4.79 Å². The molecule has 0 aromatic heterocycles. The van der Waals surface area contributed by atoms with E-state index in [0.717, 1.165) is 12.1 Å². The number of carbonyl (C=O) groups is 2. The minimum absolute atomic E-state index is 0.196. The van der Waals surface area contributed by atoms with Crippen LogP contribution in [0.2, 0.25) is 5.02 Å². The first kappa shape index (κ1) is 16.1. The number of nitrogens with one attached hydrogen (secondary N) is 2. The number of urea groups is 1. The molecule has 0 aliphatic rings. The second-order valence-electron chi connectivity index (χ2n) is 3.88. The van der Waals surface area contributed by atoms with Crippen LogP contribution in [0.4, 0.5) is 23.7 Å². The summed E-state index contributed by atoms with van der Waals surface area (Å²) in [5.74, 6) is -0.870. The zero-order chi connectivity index (χ0) is 15.5. The van der Waals surface area contributed by atoms with E-state index in [9.17, 15) is 22.8 Å². The van der Waals surface area contributed by atoms with E-state index in [2.05, 4.69) is 5.32 Å². The highest BCUT2D eigenvalue weighted by atomic mass is 35.5. The Morgan fingerprint density at radius 3 is 2.45 bits per heavy atom. The van der Waals surface area contributed by atoms with Gasteiger partial charge in [-0.3, -0.25) is 10.1 Å². The van der Waals surface area contributed by atoms with Crippen molar-refractivity contribution >= 4 is 29.2 Å². The molecule has 1 atom stereocenters. The van der Waals surface area contributed by atoms with Crippen molar-refractivity contribution in [3.8, 4) is 0 Å². The quantitative estimate of drug-likeness (QED) is 0.801. The van der Waals surface area contributed by atoms with Gasteiger partial charge < -0.3 is 11.1 Å². The lowest BCUT2D eigenvalue weighted by Gasteiger charge is -2.19. The van der Waals surface area contributed by atoms with E-state index in [1.807, 2.05) is 0 Å². The third-order valence-electron chi connectivity index (χ3n) is 2.32. The fraction of sp³-hybridized carbons (Fsp3) is 0.273. The van der Waals surface area contributed by atoms with Crippen LogP contribution in [0.5, 0.6) is 0 Å². The van der Waals surface area contributed by atoms with Crippen molar-refractivity contribution in [1.29, 1.82) is 0 Å². The minimum Gasteiger partial charge on any atom is -0.372 e. The molecule has 1 rings (SSSR count). The highest BCUT2D eigenvalue weighted by Crippen LogP contribution is 2.38. The summed E-state index contributed by atoms with van der Waals surface area (Å²) < 4.78 is 38.5. The van der Waals surface area contributed by atoms with Crippen LogP contribution in [0.25, 0.3) is 0 Å². The molecule has 0 aliphatic heterocycles. The number of amides is 3. The van der Waals surface area contributed by atoms with Crippen LogP contribution in [-0.2, 0) is 11.0 Å². The van der Waals surface area contributed by atoms with Gasteiger partial charge in [-0.05, 0) is 19.1 Å². The van der Waals surface area contributed by atoms with E-state index in [0.29, 0.717) is 0 Å². The number of benzene rings is 1. The van der Waals surface area contributed by atoms with Gasteiger partial charge in [-0.2, -0.15) is 13.2 Å². The molecule has 0 bridgehead atoms. The molecule has 0 aliphatic carbocycles. The molecule has 1 unspecified atom stereocenters. The Hall–Kier alpha value is -1.96. The van der Waals surface area contributed by atoms with Crippen LogP contribution in [0.3, 0.4) is 0 Å². The predicted molar refractivity (Wildman–Crippen MR) is 67.3 cm³/mol. The summed E-state index contributed by atoms with van der Waals surface area (Å²) in [5, 5.41) is 3.88. The Morgan fingerprint density at radius 2 is 1.95 bits per heavy atom. The van der Waals surface area contributed by atoms with Crippen LogP contribution >= 0.6 is 11.6 Å². The molecule has 0 radical (unpaired) electrons. The number of primary amides is 1. The number of alkyl halides is 3. The zero-order valence-corrected chi connectivity index (χ0v) is 11.0. The van der Waals surface area contributed by atoms with Crippen molar-refractivity contribution < 1.29 is 22.8 Å². The lowest BCUT2D eigenvalue weighted by atomic mass is 10.1. The number of carbonyl (C=O) groups excluding carboxylic acids is 2. The van der Waals surface area contributed by atoms with Crippen molar-refractivity contribution in [2.24, 2.45) is 5.73 Å². The first-order valence-electron chi connectivity index (χ1n) is 5.35. The van der Waals surface area contributed by atoms with E-state index in [-0.39, 0.29) is 5.02 Å². The number of hydrogen-bond donors (Lipinski definition) is 3. The lowest BCUT2D eigenvalue weighted by Crippen LogP contribution is -2.43. The highest BCUT2D eigenvalue weighted by molar-refractivity contribution is 6.33. The average Bonchev–Trinajstić information content (AvgIpc) is 2.29. The summed E-state index contributed by atoms with van der Waals surface area (Å²) in [5.41, 5.74) is 3.30. The summed E-state index contributed by atoms with van der Waals surface area (Å²) >= 11 is 5.70. The summed E-state index contributed by atoms with van der Waals surface area (Å²) in [7, 11) is 0. The van der Waals surface area contributed by atoms with Crippen LogP contribution < -0.4 is 16.4 Å². The van der Waals surface area contributed by atoms with Gasteiger partial charge in [0.25, 0.3) is 0 Å². The topological polar surface area (TPSA) is 84.2 Å².